The highest BCUT2D eigenvalue weighted by atomic mass is 35.5. The minimum absolute atomic E-state index is 0.0536. The summed E-state index contributed by atoms with van der Waals surface area (Å²) in [5.74, 6) is -0.0536. The Labute approximate surface area is 136 Å². The van der Waals surface area contributed by atoms with E-state index in [4.69, 9.17) is 16.3 Å². The molecule has 120 valence electrons. The number of carbonyl (C=O) groups excluding carboxylic acids is 2. The molecule has 1 aromatic rings. The van der Waals surface area contributed by atoms with E-state index in [2.05, 4.69) is 5.32 Å². The van der Waals surface area contributed by atoms with Crippen LogP contribution in [0.5, 0.6) is 0 Å². The lowest BCUT2D eigenvalue weighted by atomic mass is 10.1. The van der Waals surface area contributed by atoms with Crippen LogP contribution >= 0.6 is 11.6 Å². The van der Waals surface area contributed by atoms with Crippen molar-refractivity contribution in [1.29, 1.82) is 0 Å². The van der Waals surface area contributed by atoms with Gasteiger partial charge in [0.15, 0.2) is 5.78 Å². The molecular formula is C17H22ClNO3. The van der Waals surface area contributed by atoms with Crippen LogP contribution in [-0.4, -0.2) is 24.0 Å². The number of amides is 1. The largest absolute Gasteiger partial charge is 0.444 e. The van der Waals surface area contributed by atoms with E-state index in [0.29, 0.717) is 23.6 Å². The number of hydrogen-bond donors (Lipinski definition) is 1. The van der Waals surface area contributed by atoms with E-state index in [-0.39, 0.29) is 5.78 Å². The molecule has 22 heavy (non-hydrogen) atoms. The van der Waals surface area contributed by atoms with Crippen LogP contribution in [0.4, 0.5) is 4.79 Å². The summed E-state index contributed by atoms with van der Waals surface area (Å²) >= 11 is 6.04. The molecule has 0 saturated carbocycles. The molecule has 0 bridgehead atoms. The Balaban J connectivity index is 2.42. The number of ketones is 1. The highest BCUT2D eigenvalue weighted by Crippen LogP contribution is 2.19. The molecule has 1 amide bonds. The number of hydrogen-bond acceptors (Lipinski definition) is 3. The normalized spacial score (nSPS) is 11.5. The summed E-state index contributed by atoms with van der Waals surface area (Å²) in [6.07, 6.45) is 4.07. The summed E-state index contributed by atoms with van der Waals surface area (Å²) in [5, 5.41) is 3.12. The van der Waals surface area contributed by atoms with Gasteiger partial charge < -0.3 is 10.1 Å². The quantitative estimate of drug-likeness (QED) is 0.642. The van der Waals surface area contributed by atoms with Gasteiger partial charge in [0.1, 0.15) is 5.60 Å². The lowest BCUT2D eigenvalue weighted by Crippen LogP contribution is -2.32. The Morgan fingerprint density at radius 2 is 2.00 bits per heavy atom. The molecule has 1 aromatic carbocycles. The highest BCUT2D eigenvalue weighted by molar-refractivity contribution is 6.34. The summed E-state index contributed by atoms with van der Waals surface area (Å²) in [6, 6.07) is 5.29. The number of ether oxygens (including phenoxy) is 1. The van der Waals surface area contributed by atoms with Gasteiger partial charge in [0.05, 0.1) is 5.02 Å². The zero-order chi connectivity index (χ0) is 16.8. The Kier molecular flexibility index (Phi) is 6.62. The van der Waals surface area contributed by atoms with Crippen molar-refractivity contribution in [3.05, 3.63) is 40.4 Å². The van der Waals surface area contributed by atoms with Gasteiger partial charge in [0.25, 0.3) is 0 Å². The number of alkyl carbamates (subject to hydrolysis) is 1. The van der Waals surface area contributed by atoms with Crippen LogP contribution in [0.2, 0.25) is 5.02 Å². The topological polar surface area (TPSA) is 55.4 Å². The summed E-state index contributed by atoms with van der Waals surface area (Å²) in [7, 11) is 0. The van der Waals surface area contributed by atoms with E-state index in [9.17, 15) is 9.59 Å². The average Bonchev–Trinajstić information content (AvgIpc) is 2.35. The lowest BCUT2D eigenvalue weighted by molar-refractivity contribution is 0.0528. The third kappa shape index (κ3) is 6.76. The van der Waals surface area contributed by atoms with Crippen molar-refractivity contribution in [2.45, 2.75) is 39.7 Å². The molecule has 1 N–H and O–H groups in total. The minimum atomic E-state index is -0.491. The number of carbonyl (C=O) groups is 2. The van der Waals surface area contributed by atoms with Crippen LogP contribution in [0.25, 0.3) is 6.08 Å². The first-order valence-electron chi connectivity index (χ1n) is 7.13. The fourth-order valence-electron chi connectivity index (χ4n) is 1.71. The van der Waals surface area contributed by atoms with Crippen LogP contribution in [0.1, 0.15) is 50.0 Å². The molecule has 5 heteroatoms. The first kappa shape index (κ1) is 18.2. The van der Waals surface area contributed by atoms with Crippen LogP contribution < -0.4 is 5.32 Å². The number of nitrogens with one attached hydrogen (secondary N) is 1. The van der Waals surface area contributed by atoms with Crippen LogP contribution in [0, 0.1) is 0 Å². The van der Waals surface area contributed by atoms with E-state index >= 15 is 0 Å². The van der Waals surface area contributed by atoms with Gasteiger partial charge in [0.2, 0.25) is 0 Å². The molecule has 4 nitrogen and oxygen atoms in total. The number of rotatable bonds is 5. The standard InChI is InChI=1S/C17H22ClNO3/c1-12(20)14-9-8-13(11-15(14)18)7-5-6-10-19-16(21)22-17(2,3)4/h5,7-9,11H,6,10H2,1-4H3,(H,19,21). The molecule has 0 aromatic heterocycles. The van der Waals surface area contributed by atoms with Crippen molar-refractivity contribution in [1.82, 2.24) is 5.32 Å². The van der Waals surface area contributed by atoms with Crippen LogP contribution in [0.3, 0.4) is 0 Å². The van der Waals surface area contributed by atoms with Gasteiger partial charge in [-0.2, -0.15) is 0 Å². The predicted octanol–water partition coefficient (Wildman–Crippen LogP) is 4.47. The van der Waals surface area contributed by atoms with Crippen LogP contribution in [-0.2, 0) is 4.74 Å². The van der Waals surface area contributed by atoms with Crippen molar-refractivity contribution < 1.29 is 14.3 Å². The zero-order valence-electron chi connectivity index (χ0n) is 13.4. The van der Waals surface area contributed by atoms with Gasteiger partial charge in [0, 0.05) is 12.1 Å². The van der Waals surface area contributed by atoms with Crippen molar-refractivity contribution in [2.24, 2.45) is 0 Å². The molecule has 1 rings (SSSR count). The molecule has 0 fully saturated rings. The monoisotopic (exact) mass is 323 g/mol. The molecule has 0 radical (unpaired) electrons. The molecule has 0 aliphatic carbocycles. The smallest absolute Gasteiger partial charge is 0.407 e. The van der Waals surface area contributed by atoms with Crippen molar-refractivity contribution in [2.75, 3.05) is 6.54 Å². The van der Waals surface area contributed by atoms with Crippen molar-refractivity contribution in [3.8, 4) is 0 Å². The third-order valence-electron chi connectivity index (χ3n) is 2.66. The second-order valence-electron chi connectivity index (χ2n) is 5.92. The fraction of sp³-hybridized carbons (Fsp3) is 0.412. The molecule has 0 spiro atoms. The Hall–Kier alpha value is -1.81. The Bertz CT molecular complexity index is 574. The van der Waals surface area contributed by atoms with Crippen LogP contribution in [0.15, 0.2) is 24.3 Å². The van der Waals surface area contributed by atoms with E-state index in [1.807, 2.05) is 39.0 Å². The van der Waals surface area contributed by atoms with Gasteiger partial charge in [-0.15, -0.1) is 0 Å². The molecule has 0 atom stereocenters. The first-order valence-corrected chi connectivity index (χ1v) is 7.51. The highest BCUT2D eigenvalue weighted by Gasteiger charge is 2.15. The summed E-state index contributed by atoms with van der Waals surface area (Å²) in [6.45, 7) is 7.44. The Morgan fingerprint density at radius 3 is 2.55 bits per heavy atom. The summed E-state index contributed by atoms with van der Waals surface area (Å²) in [4.78, 5) is 22.7. The van der Waals surface area contributed by atoms with Crippen molar-refractivity contribution in [3.63, 3.8) is 0 Å². The molecule has 0 aliphatic heterocycles. The van der Waals surface area contributed by atoms with E-state index in [1.165, 1.54) is 6.92 Å². The maximum Gasteiger partial charge on any atom is 0.407 e. The van der Waals surface area contributed by atoms with Gasteiger partial charge in [-0.05, 0) is 51.8 Å². The molecular weight excluding hydrogens is 302 g/mol. The summed E-state index contributed by atoms with van der Waals surface area (Å²) < 4.78 is 5.13. The third-order valence-corrected chi connectivity index (χ3v) is 2.97. The fourth-order valence-corrected chi connectivity index (χ4v) is 2.03. The van der Waals surface area contributed by atoms with Gasteiger partial charge in [-0.25, -0.2) is 4.79 Å². The maximum atomic E-state index is 11.4. The second kappa shape index (κ2) is 7.99. The van der Waals surface area contributed by atoms with Crippen molar-refractivity contribution >= 4 is 29.6 Å². The number of halogens is 1. The molecule has 0 aliphatic rings. The second-order valence-corrected chi connectivity index (χ2v) is 6.32. The average molecular weight is 324 g/mol. The predicted molar refractivity (Wildman–Crippen MR) is 89.3 cm³/mol. The molecule has 0 saturated heterocycles. The zero-order valence-corrected chi connectivity index (χ0v) is 14.2. The van der Waals surface area contributed by atoms with E-state index in [0.717, 1.165) is 5.56 Å². The lowest BCUT2D eigenvalue weighted by Gasteiger charge is -2.19. The van der Waals surface area contributed by atoms with E-state index in [1.54, 1.807) is 12.1 Å². The molecule has 0 unspecified atom stereocenters. The maximum absolute atomic E-state index is 11.4. The Morgan fingerprint density at radius 1 is 1.32 bits per heavy atom. The molecule has 0 heterocycles. The SMILES string of the molecule is CC(=O)c1ccc(C=CCCNC(=O)OC(C)(C)C)cc1Cl. The minimum Gasteiger partial charge on any atom is -0.444 e. The van der Waals surface area contributed by atoms with Gasteiger partial charge in [-0.3, -0.25) is 4.79 Å². The summed E-state index contributed by atoms with van der Waals surface area (Å²) in [5.41, 5.74) is 0.937. The van der Waals surface area contributed by atoms with Gasteiger partial charge >= 0.3 is 6.09 Å². The van der Waals surface area contributed by atoms with E-state index < -0.39 is 11.7 Å². The first-order chi connectivity index (χ1) is 10.2. The number of Topliss-reactive ketones (excluding diaryl/α,β-unsaturated/α-hetero) is 1. The number of benzene rings is 1. The van der Waals surface area contributed by atoms with Gasteiger partial charge in [-0.1, -0.05) is 29.8 Å².